The Morgan fingerprint density at radius 2 is 2.06 bits per heavy atom. The average molecular weight is 262 g/mol. The molecule has 18 heavy (non-hydrogen) atoms. The zero-order valence-electron chi connectivity index (χ0n) is 10.6. The normalized spacial score (nSPS) is 19.2. The predicted octanol–water partition coefficient (Wildman–Crippen LogP) is 2.11. The largest absolute Gasteiger partial charge is 0.350 e. The lowest BCUT2D eigenvalue weighted by molar-refractivity contribution is -0.127. The average Bonchev–Trinajstić information content (AvgIpc) is 2.64. The minimum absolute atomic E-state index is 0.109. The van der Waals surface area contributed by atoms with E-state index in [-0.39, 0.29) is 11.9 Å². The third kappa shape index (κ3) is 2.88. The number of rotatable bonds is 5. The van der Waals surface area contributed by atoms with E-state index < -0.39 is 0 Å². The van der Waals surface area contributed by atoms with Crippen LogP contribution >= 0.6 is 12.2 Å². The number of amides is 1. The number of carbonyl (C=O) groups excluding carboxylic acids is 1. The van der Waals surface area contributed by atoms with Crippen molar-refractivity contribution >= 4 is 23.2 Å². The van der Waals surface area contributed by atoms with Gasteiger partial charge in [0.15, 0.2) is 5.11 Å². The Kier molecular flexibility index (Phi) is 4.31. The summed E-state index contributed by atoms with van der Waals surface area (Å²) in [4.78, 5) is 13.9. The van der Waals surface area contributed by atoms with Gasteiger partial charge in [-0.25, -0.2) is 0 Å². The van der Waals surface area contributed by atoms with Crippen molar-refractivity contribution in [3.8, 4) is 0 Å². The molecule has 0 aromatic heterocycles. The fourth-order valence-corrected chi connectivity index (χ4v) is 2.42. The lowest BCUT2D eigenvalue weighted by atomic mass is 10.1. The number of nitrogens with zero attached hydrogens (tertiary/aromatic N) is 1. The molecular weight excluding hydrogens is 244 g/mol. The summed E-state index contributed by atoms with van der Waals surface area (Å²) in [6, 6.07) is 9.83. The summed E-state index contributed by atoms with van der Waals surface area (Å²) < 4.78 is 0. The van der Waals surface area contributed by atoms with Crippen LogP contribution in [0.1, 0.15) is 25.3 Å². The number of unbranched alkanes of at least 4 members (excludes halogenated alkanes) is 1. The van der Waals surface area contributed by atoms with Gasteiger partial charge in [-0.2, -0.15) is 0 Å². The molecule has 1 heterocycles. The summed E-state index contributed by atoms with van der Waals surface area (Å²) in [5.41, 5.74) is 1.16. The Labute approximate surface area is 113 Å². The van der Waals surface area contributed by atoms with E-state index in [1.807, 2.05) is 30.3 Å². The van der Waals surface area contributed by atoms with Gasteiger partial charge in [-0.3, -0.25) is 9.69 Å². The first-order valence-electron chi connectivity index (χ1n) is 6.38. The highest BCUT2D eigenvalue weighted by molar-refractivity contribution is 7.80. The molecule has 0 aliphatic carbocycles. The highest BCUT2D eigenvalue weighted by atomic mass is 32.1. The molecule has 1 aromatic carbocycles. The van der Waals surface area contributed by atoms with Crippen molar-refractivity contribution in [3.63, 3.8) is 0 Å². The molecule has 0 spiro atoms. The Hall–Kier alpha value is -1.42. The third-order valence-corrected chi connectivity index (χ3v) is 3.46. The molecule has 1 aliphatic heterocycles. The van der Waals surface area contributed by atoms with E-state index in [0.29, 0.717) is 11.5 Å². The summed E-state index contributed by atoms with van der Waals surface area (Å²) in [6.07, 6.45) is 2.75. The van der Waals surface area contributed by atoms with E-state index in [4.69, 9.17) is 12.2 Å². The lowest BCUT2D eigenvalue weighted by Crippen LogP contribution is -2.33. The Bertz CT molecular complexity index is 433. The zero-order chi connectivity index (χ0) is 13.0. The molecule has 1 aromatic rings. The van der Waals surface area contributed by atoms with Crippen molar-refractivity contribution in [1.82, 2.24) is 10.2 Å². The van der Waals surface area contributed by atoms with E-state index >= 15 is 0 Å². The number of nitrogens with one attached hydrogen (secondary N) is 1. The Balaban J connectivity index is 1.99. The van der Waals surface area contributed by atoms with E-state index in [2.05, 4.69) is 12.2 Å². The highest BCUT2D eigenvalue weighted by Crippen LogP contribution is 2.13. The van der Waals surface area contributed by atoms with Gasteiger partial charge in [0.2, 0.25) is 0 Å². The number of thiocarbonyl (C=S) groups is 1. The van der Waals surface area contributed by atoms with Crippen LogP contribution in [0.5, 0.6) is 0 Å². The second kappa shape index (κ2) is 5.96. The fourth-order valence-electron chi connectivity index (χ4n) is 2.09. The Morgan fingerprint density at radius 3 is 2.72 bits per heavy atom. The molecule has 1 saturated heterocycles. The maximum atomic E-state index is 12.2. The predicted molar refractivity (Wildman–Crippen MR) is 76.3 cm³/mol. The van der Waals surface area contributed by atoms with Gasteiger partial charge in [0.25, 0.3) is 5.91 Å². The zero-order valence-corrected chi connectivity index (χ0v) is 11.4. The van der Waals surface area contributed by atoms with Crippen LogP contribution < -0.4 is 5.32 Å². The van der Waals surface area contributed by atoms with Crippen molar-refractivity contribution in [3.05, 3.63) is 35.9 Å². The van der Waals surface area contributed by atoms with Crippen LogP contribution in [0, 0.1) is 0 Å². The second-order valence-electron chi connectivity index (χ2n) is 4.54. The molecule has 3 nitrogen and oxygen atoms in total. The molecule has 1 atom stereocenters. The SMILES string of the molecule is CCCCN1C(=O)[C@@H](Cc2ccccc2)NC1=S. The van der Waals surface area contributed by atoms with Crippen molar-refractivity contribution in [2.75, 3.05) is 6.54 Å². The van der Waals surface area contributed by atoms with Crippen LogP contribution in [0.3, 0.4) is 0 Å². The van der Waals surface area contributed by atoms with Crippen molar-refractivity contribution in [1.29, 1.82) is 0 Å². The summed E-state index contributed by atoms with van der Waals surface area (Å²) in [5, 5.41) is 3.70. The first-order valence-corrected chi connectivity index (χ1v) is 6.79. The summed E-state index contributed by atoms with van der Waals surface area (Å²) >= 11 is 5.22. The third-order valence-electron chi connectivity index (χ3n) is 3.12. The lowest BCUT2D eigenvalue weighted by Gasteiger charge is -2.13. The van der Waals surface area contributed by atoms with Gasteiger partial charge < -0.3 is 5.32 Å². The smallest absolute Gasteiger partial charge is 0.251 e. The maximum Gasteiger partial charge on any atom is 0.251 e. The second-order valence-corrected chi connectivity index (χ2v) is 4.92. The molecule has 0 saturated carbocycles. The summed E-state index contributed by atoms with van der Waals surface area (Å²) in [5.74, 6) is 0.109. The molecule has 1 aliphatic rings. The first-order chi connectivity index (χ1) is 8.72. The van der Waals surface area contributed by atoms with Gasteiger partial charge >= 0.3 is 0 Å². The van der Waals surface area contributed by atoms with Crippen LogP contribution in [-0.4, -0.2) is 28.5 Å². The highest BCUT2D eigenvalue weighted by Gasteiger charge is 2.34. The van der Waals surface area contributed by atoms with E-state index in [1.165, 1.54) is 0 Å². The van der Waals surface area contributed by atoms with Crippen molar-refractivity contribution < 1.29 is 4.79 Å². The number of hydrogen-bond acceptors (Lipinski definition) is 2. The first kappa shape index (κ1) is 13.0. The van der Waals surface area contributed by atoms with Gasteiger partial charge in [0.1, 0.15) is 6.04 Å². The molecule has 0 radical (unpaired) electrons. The molecule has 0 unspecified atom stereocenters. The van der Waals surface area contributed by atoms with Gasteiger partial charge in [-0.1, -0.05) is 43.7 Å². The van der Waals surface area contributed by atoms with Gasteiger partial charge in [-0.15, -0.1) is 0 Å². The molecule has 2 rings (SSSR count). The molecule has 4 heteroatoms. The molecule has 1 amide bonds. The van der Waals surface area contributed by atoms with Gasteiger partial charge in [-0.05, 0) is 24.2 Å². The van der Waals surface area contributed by atoms with Gasteiger partial charge in [0.05, 0.1) is 0 Å². The molecule has 0 bridgehead atoms. The summed E-state index contributed by atoms with van der Waals surface area (Å²) in [7, 11) is 0. The maximum absolute atomic E-state index is 12.2. The Morgan fingerprint density at radius 1 is 1.33 bits per heavy atom. The topological polar surface area (TPSA) is 32.3 Å². The molecule has 1 N–H and O–H groups in total. The molecule has 96 valence electrons. The van der Waals surface area contributed by atoms with Crippen LogP contribution in [0.15, 0.2) is 30.3 Å². The molecular formula is C14H18N2OS. The van der Waals surface area contributed by atoms with Crippen LogP contribution in [0.2, 0.25) is 0 Å². The fraction of sp³-hybridized carbons (Fsp3) is 0.429. The van der Waals surface area contributed by atoms with Crippen LogP contribution in [-0.2, 0) is 11.2 Å². The minimum atomic E-state index is -0.197. The van der Waals surface area contributed by atoms with E-state index in [9.17, 15) is 4.79 Å². The minimum Gasteiger partial charge on any atom is -0.350 e. The van der Waals surface area contributed by atoms with Gasteiger partial charge in [0, 0.05) is 13.0 Å². The number of hydrogen-bond donors (Lipinski definition) is 1. The quantitative estimate of drug-likeness (QED) is 0.825. The molecule has 1 fully saturated rings. The number of benzene rings is 1. The number of carbonyl (C=O) groups is 1. The van der Waals surface area contributed by atoms with Crippen LogP contribution in [0.4, 0.5) is 0 Å². The van der Waals surface area contributed by atoms with E-state index in [1.54, 1.807) is 4.90 Å². The van der Waals surface area contributed by atoms with Crippen molar-refractivity contribution in [2.45, 2.75) is 32.2 Å². The monoisotopic (exact) mass is 262 g/mol. The van der Waals surface area contributed by atoms with Crippen LogP contribution in [0.25, 0.3) is 0 Å². The summed E-state index contributed by atoms with van der Waals surface area (Å²) in [6.45, 7) is 2.84. The van der Waals surface area contributed by atoms with Crippen molar-refractivity contribution in [2.24, 2.45) is 0 Å². The van der Waals surface area contributed by atoms with E-state index in [0.717, 1.165) is 24.9 Å². The standard InChI is InChI=1S/C14H18N2OS/c1-2-3-9-16-13(17)12(15-14(16)18)10-11-7-5-4-6-8-11/h4-8,12H,2-3,9-10H2,1H3,(H,15,18)/t12-/m1/s1.